The molecule has 0 spiro atoms. The summed E-state index contributed by atoms with van der Waals surface area (Å²) in [6, 6.07) is 8.43. The van der Waals surface area contributed by atoms with Crippen molar-refractivity contribution in [2.75, 3.05) is 20.7 Å². The van der Waals surface area contributed by atoms with E-state index in [-0.39, 0.29) is 0 Å². The van der Waals surface area contributed by atoms with Gasteiger partial charge in [-0.05, 0) is 36.6 Å². The molecular weight excluding hydrogens is 198 g/mol. The first-order valence-corrected chi connectivity index (χ1v) is 6.01. The van der Waals surface area contributed by atoms with Crippen molar-refractivity contribution in [1.82, 2.24) is 5.32 Å². The Kier molecular flexibility index (Phi) is 5.33. The smallest absolute Gasteiger partial charge is 0.118 e. The van der Waals surface area contributed by atoms with Crippen molar-refractivity contribution in [2.24, 2.45) is 5.92 Å². The van der Waals surface area contributed by atoms with Crippen molar-refractivity contribution in [1.29, 1.82) is 0 Å². The highest BCUT2D eigenvalue weighted by Crippen LogP contribution is 2.27. The first-order valence-electron chi connectivity index (χ1n) is 6.01. The van der Waals surface area contributed by atoms with E-state index in [0.29, 0.717) is 11.8 Å². The van der Waals surface area contributed by atoms with Crippen LogP contribution < -0.4 is 10.1 Å². The van der Waals surface area contributed by atoms with Gasteiger partial charge in [-0.3, -0.25) is 0 Å². The molecule has 2 heteroatoms. The molecule has 0 fully saturated rings. The third kappa shape index (κ3) is 3.24. The van der Waals surface area contributed by atoms with Gasteiger partial charge in [0.25, 0.3) is 0 Å². The van der Waals surface area contributed by atoms with E-state index in [4.69, 9.17) is 4.74 Å². The van der Waals surface area contributed by atoms with Gasteiger partial charge in [-0.2, -0.15) is 0 Å². The van der Waals surface area contributed by atoms with E-state index in [2.05, 4.69) is 31.3 Å². The molecule has 16 heavy (non-hydrogen) atoms. The molecule has 1 rings (SSSR count). The summed E-state index contributed by atoms with van der Waals surface area (Å²) in [6.07, 6.45) is 1.21. The summed E-state index contributed by atoms with van der Waals surface area (Å²) in [5.74, 6) is 2.21. The zero-order valence-corrected chi connectivity index (χ0v) is 10.8. The SMILES string of the molecule is CCC(C)C(CNC)c1ccc(OC)cc1. The lowest BCUT2D eigenvalue weighted by Gasteiger charge is -2.23. The summed E-state index contributed by atoms with van der Waals surface area (Å²) in [4.78, 5) is 0. The van der Waals surface area contributed by atoms with Crippen LogP contribution in [-0.4, -0.2) is 20.7 Å². The van der Waals surface area contributed by atoms with E-state index in [1.54, 1.807) is 7.11 Å². The minimum absolute atomic E-state index is 0.584. The Morgan fingerprint density at radius 3 is 2.31 bits per heavy atom. The number of rotatable bonds is 6. The van der Waals surface area contributed by atoms with E-state index < -0.39 is 0 Å². The summed E-state index contributed by atoms with van der Waals surface area (Å²) >= 11 is 0. The third-order valence-corrected chi connectivity index (χ3v) is 3.30. The molecule has 0 saturated heterocycles. The molecular formula is C14H23NO. The van der Waals surface area contributed by atoms with Gasteiger partial charge in [0.15, 0.2) is 0 Å². The number of hydrogen-bond donors (Lipinski definition) is 1. The lowest BCUT2D eigenvalue weighted by Crippen LogP contribution is -2.22. The number of methoxy groups -OCH3 is 1. The van der Waals surface area contributed by atoms with Crippen LogP contribution in [-0.2, 0) is 0 Å². The Balaban J connectivity index is 2.83. The summed E-state index contributed by atoms with van der Waals surface area (Å²) in [5, 5.41) is 3.28. The molecule has 1 aromatic carbocycles. The predicted molar refractivity (Wildman–Crippen MR) is 69.1 cm³/mol. The Morgan fingerprint density at radius 2 is 1.88 bits per heavy atom. The largest absolute Gasteiger partial charge is 0.497 e. The van der Waals surface area contributed by atoms with Gasteiger partial charge in [0.1, 0.15) is 5.75 Å². The van der Waals surface area contributed by atoms with Gasteiger partial charge in [-0.25, -0.2) is 0 Å². The second-order valence-corrected chi connectivity index (χ2v) is 4.32. The van der Waals surface area contributed by atoms with Crippen LogP contribution in [0.3, 0.4) is 0 Å². The van der Waals surface area contributed by atoms with E-state index in [9.17, 15) is 0 Å². The average Bonchev–Trinajstić information content (AvgIpc) is 2.35. The standard InChI is InChI=1S/C14H23NO/c1-5-11(2)14(10-15-3)12-6-8-13(16-4)9-7-12/h6-9,11,14-15H,5,10H2,1-4H3. The molecule has 2 nitrogen and oxygen atoms in total. The van der Waals surface area contributed by atoms with Crippen molar-refractivity contribution in [3.8, 4) is 5.75 Å². The van der Waals surface area contributed by atoms with Crippen molar-refractivity contribution in [3.63, 3.8) is 0 Å². The minimum atomic E-state index is 0.584. The van der Waals surface area contributed by atoms with Crippen LogP contribution in [0.25, 0.3) is 0 Å². The van der Waals surface area contributed by atoms with Gasteiger partial charge in [-0.15, -0.1) is 0 Å². The summed E-state index contributed by atoms with van der Waals surface area (Å²) in [5.41, 5.74) is 1.39. The number of nitrogens with one attached hydrogen (secondary N) is 1. The van der Waals surface area contributed by atoms with Gasteiger partial charge in [0.2, 0.25) is 0 Å². The van der Waals surface area contributed by atoms with E-state index >= 15 is 0 Å². The van der Waals surface area contributed by atoms with Gasteiger partial charge in [0, 0.05) is 6.54 Å². The molecule has 2 atom stereocenters. The number of benzene rings is 1. The summed E-state index contributed by atoms with van der Waals surface area (Å²) in [7, 11) is 3.72. The second kappa shape index (κ2) is 6.54. The van der Waals surface area contributed by atoms with Crippen molar-refractivity contribution in [2.45, 2.75) is 26.2 Å². The molecule has 0 aromatic heterocycles. The van der Waals surface area contributed by atoms with Crippen LogP contribution >= 0.6 is 0 Å². The Morgan fingerprint density at radius 1 is 1.25 bits per heavy atom. The van der Waals surface area contributed by atoms with Crippen molar-refractivity contribution < 1.29 is 4.74 Å². The van der Waals surface area contributed by atoms with Crippen LogP contribution in [0.15, 0.2) is 24.3 Å². The van der Waals surface area contributed by atoms with Gasteiger partial charge < -0.3 is 10.1 Å². The Hall–Kier alpha value is -1.02. The average molecular weight is 221 g/mol. The van der Waals surface area contributed by atoms with Crippen molar-refractivity contribution >= 4 is 0 Å². The third-order valence-electron chi connectivity index (χ3n) is 3.30. The maximum Gasteiger partial charge on any atom is 0.118 e. The quantitative estimate of drug-likeness (QED) is 0.797. The predicted octanol–water partition coefficient (Wildman–Crippen LogP) is 3.04. The molecule has 0 amide bonds. The fourth-order valence-corrected chi connectivity index (χ4v) is 2.00. The molecule has 1 aromatic rings. The molecule has 0 aliphatic heterocycles. The maximum atomic E-state index is 5.18. The molecule has 0 aliphatic rings. The molecule has 0 heterocycles. The summed E-state index contributed by atoms with van der Waals surface area (Å²) < 4.78 is 5.18. The fraction of sp³-hybridized carbons (Fsp3) is 0.571. The van der Waals surface area contributed by atoms with Crippen LogP contribution in [0, 0.1) is 5.92 Å². The second-order valence-electron chi connectivity index (χ2n) is 4.32. The minimum Gasteiger partial charge on any atom is -0.497 e. The van der Waals surface area contributed by atoms with Crippen molar-refractivity contribution in [3.05, 3.63) is 29.8 Å². The Bertz CT molecular complexity index is 294. The normalized spacial score (nSPS) is 14.5. The number of likely N-dealkylation sites (N-methyl/N-ethyl adjacent to an activating group) is 1. The molecule has 0 aliphatic carbocycles. The summed E-state index contributed by atoms with van der Waals surface area (Å²) in [6.45, 7) is 5.59. The highest BCUT2D eigenvalue weighted by Gasteiger charge is 2.16. The molecule has 0 radical (unpaired) electrons. The van der Waals surface area contributed by atoms with Gasteiger partial charge in [0.05, 0.1) is 7.11 Å². The van der Waals surface area contributed by atoms with E-state index in [1.807, 2.05) is 19.2 Å². The molecule has 1 N–H and O–H groups in total. The zero-order valence-electron chi connectivity index (χ0n) is 10.8. The molecule has 2 unspecified atom stereocenters. The van der Waals surface area contributed by atoms with Crippen LogP contribution in [0.4, 0.5) is 0 Å². The highest BCUT2D eigenvalue weighted by atomic mass is 16.5. The number of ether oxygens (including phenoxy) is 1. The van der Waals surface area contributed by atoms with Gasteiger partial charge in [-0.1, -0.05) is 32.4 Å². The number of hydrogen-bond acceptors (Lipinski definition) is 2. The van der Waals surface area contributed by atoms with E-state index in [0.717, 1.165) is 12.3 Å². The Labute approximate surface area is 99.0 Å². The van der Waals surface area contributed by atoms with E-state index in [1.165, 1.54) is 12.0 Å². The van der Waals surface area contributed by atoms with Crippen LogP contribution in [0.5, 0.6) is 5.75 Å². The molecule has 0 bridgehead atoms. The first-order chi connectivity index (χ1) is 7.72. The van der Waals surface area contributed by atoms with Crippen LogP contribution in [0.1, 0.15) is 31.7 Å². The lowest BCUT2D eigenvalue weighted by atomic mass is 9.85. The topological polar surface area (TPSA) is 21.3 Å². The first kappa shape index (κ1) is 13.0. The van der Waals surface area contributed by atoms with Gasteiger partial charge >= 0.3 is 0 Å². The maximum absolute atomic E-state index is 5.18. The highest BCUT2D eigenvalue weighted by molar-refractivity contribution is 5.29. The molecule has 90 valence electrons. The lowest BCUT2D eigenvalue weighted by molar-refractivity contribution is 0.412. The zero-order chi connectivity index (χ0) is 12.0. The van der Waals surface area contributed by atoms with Crippen LogP contribution in [0.2, 0.25) is 0 Å². The fourth-order valence-electron chi connectivity index (χ4n) is 2.00. The molecule has 0 saturated carbocycles. The monoisotopic (exact) mass is 221 g/mol.